The SMILES string of the molecule is CCN=C1NC2C(C(=O)N(Cc3ccccc3)C(=O)N2C)N1C(C)C. The average Bonchev–Trinajstić information content (AvgIpc) is 2.98. The normalized spacial score (nSPS) is 25.0. The summed E-state index contributed by atoms with van der Waals surface area (Å²) in [4.78, 5) is 35.3. The Morgan fingerprint density at radius 2 is 1.88 bits per heavy atom. The Hall–Kier alpha value is -2.57. The number of amides is 3. The number of fused-ring (bicyclic) bond motifs is 1. The molecule has 134 valence electrons. The van der Waals surface area contributed by atoms with E-state index >= 15 is 0 Å². The molecule has 3 amide bonds. The van der Waals surface area contributed by atoms with Gasteiger partial charge in [0.15, 0.2) is 12.0 Å². The monoisotopic (exact) mass is 343 g/mol. The number of imide groups is 1. The molecule has 25 heavy (non-hydrogen) atoms. The van der Waals surface area contributed by atoms with Crippen molar-refractivity contribution in [1.82, 2.24) is 20.0 Å². The first-order chi connectivity index (χ1) is 12.0. The van der Waals surface area contributed by atoms with Gasteiger partial charge in [-0.15, -0.1) is 0 Å². The average molecular weight is 343 g/mol. The molecule has 2 unspecified atom stereocenters. The van der Waals surface area contributed by atoms with Crippen LogP contribution >= 0.6 is 0 Å². The molecule has 2 saturated heterocycles. The number of guanidine groups is 1. The number of carbonyl (C=O) groups excluding carboxylic acids is 2. The summed E-state index contributed by atoms with van der Waals surface area (Å²) in [6, 6.07) is 8.92. The maximum Gasteiger partial charge on any atom is 0.328 e. The highest BCUT2D eigenvalue weighted by Crippen LogP contribution is 2.27. The lowest BCUT2D eigenvalue weighted by molar-refractivity contribution is -0.138. The number of hydrogen-bond acceptors (Lipinski definition) is 3. The largest absolute Gasteiger partial charge is 0.333 e. The lowest BCUT2D eigenvalue weighted by Gasteiger charge is -2.41. The zero-order valence-electron chi connectivity index (χ0n) is 15.1. The minimum Gasteiger partial charge on any atom is -0.333 e. The fraction of sp³-hybridized carbons (Fsp3) is 0.500. The van der Waals surface area contributed by atoms with Crippen LogP contribution in [0.1, 0.15) is 26.3 Å². The van der Waals surface area contributed by atoms with Crippen LogP contribution in [0.2, 0.25) is 0 Å². The van der Waals surface area contributed by atoms with Gasteiger partial charge in [0.05, 0.1) is 6.54 Å². The highest BCUT2D eigenvalue weighted by Gasteiger charge is 2.53. The van der Waals surface area contributed by atoms with E-state index in [-0.39, 0.29) is 30.7 Å². The van der Waals surface area contributed by atoms with E-state index in [1.165, 1.54) is 4.90 Å². The Labute approximate surface area is 148 Å². The molecule has 2 heterocycles. The van der Waals surface area contributed by atoms with Crippen molar-refractivity contribution < 1.29 is 9.59 Å². The summed E-state index contributed by atoms with van der Waals surface area (Å²) in [5.74, 6) is 0.501. The van der Waals surface area contributed by atoms with Gasteiger partial charge < -0.3 is 15.1 Å². The van der Waals surface area contributed by atoms with Crippen molar-refractivity contribution >= 4 is 17.9 Å². The summed E-state index contributed by atoms with van der Waals surface area (Å²) in [7, 11) is 1.73. The predicted octanol–water partition coefficient (Wildman–Crippen LogP) is 1.46. The highest BCUT2D eigenvalue weighted by molar-refractivity contribution is 6.04. The van der Waals surface area contributed by atoms with Gasteiger partial charge in [-0.1, -0.05) is 30.3 Å². The minimum absolute atomic E-state index is 0.0944. The van der Waals surface area contributed by atoms with Crippen molar-refractivity contribution in [2.24, 2.45) is 4.99 Å². The smallest absolute Gasteiger partial charge is 0.328 e. The van der Waals surface area contributed by atoms with E-state index in [9.17, 15) is 9.59 Å². The summed E-state index contributed by atoms with van der Waals surface area (Å²) in [5, 5.41) is 3.25. The highest BCUT2D eigenvalue weighted by atomic mass is 16.2. The second-order valence-corrected chi connectivity index (χ2v) is 6.64. The molecule has 0 radical (unpaired) electrons. The van der Waals surface area contributed by atoms with Crippen molar-refractivity contribution in [3.05, 3.63) is 35.9 Å². The maximum atomic E-state index is 13.2. The molecule has 2 aliphatic rings. The molecule has 0 aromatic heterocycles. The van der Waals surface area contributed by atoms with Gasteiger partial charge in [-0.05, 0) is 26.3 Å². The first-order valence-corrected chi connectivity index (χ1v) is 8.67. The summed E-state index contributed by atoms with van der Waals surface area (Å²) in [6.07, 6.45) is -0.389. The quantitative estimate of drug-likeness (QED) is 0.899. The molecule has 0 saturated carbocycles. The lowest BCUT2D eigenvalue weighted by atomic mass is 10.1. The summed E-state index contributed by atoms with van der Waals surface area (Å²) >= 11 is 0. The first kappa shape index (κ1) is 17.3. The van der Waals surface area contributed by atoms with Crippen molar-refractivity contribution in [2.75, 3.05) is 13.6 Å². The number of likely N-dealkylation sites (N-methyl/N-ethyl adjacent to an activating group) is 1. The molecule has 7 nitrogen and oxygen atoms in total. The zero-order valence-corrected chi connectivity index (χ0v) is 15.1. The van der Waals surface area contributed by atoms with Crippen LogP contribution in [0.3, 0.4) is 0 Å². The van der Waals surface area contributed by atoms with Crippen LogP contribution in [0.25, 0.3) is 0 Å². The second-order valence-electron chi connectivity index (χ2n) is 6.64. The molecule has 2 atom stereocenters. The third-order valence-corrected chi connectivity index (χ3v) is 4.64. The Balaban J connectivity index is 1.94. The van der Waals surface area contributed by atoms with Crippen LogP contribution in [0.4, 0.5) is 4.79 Å². The Bertz CT molecular complexity index is 688. The Morgan fingerprint density at radius 3 is 2.48 bits per heavy atom. The molecule has 2 aliphatic heterocycles. The summed E-state index contributed by atoms with van der Waals surface area (Å²) in [5.41, 5.74) is 0.931. The zero-order chi connectivity index (χ0) is 18.1. The van der Waals surface area contributed by atoms with E-state index in [2.05, 4.69) is 10.3 Å². The van der Waals surface area contributed by atoms with E-state index < -0.39 is 6.04 Å². The van der Waals surface area contributed by atoms with Crippen LogP contribution < -0.4 is 5.32 Å². The number of rotatable bonds is 4. The van der Waals surface area contributed by atoms with Gasteiger partial charge in [0, 0.05) is 19.6 Å². The van der Waals surface area contributed by atoms with Gasteiger partial charge in [-0.25, -0.2) is 4.79 Å². The molecule has 0 spiro atoms. The van der Waals surface area contributed by atoms with Crippen LogP contribution in [-0.4, -0.2) is 64.4 Å². The van der Waals surface area contributed by atoms with Crippen LogP contribution in [0.15, 0.2) is 35.3 Å². The number of nitrogens with one attached hydrogen (secondary N) is 1. The molecule has 3 rings (SSSR count). The van der Waals surface area contributed by atoms with Crippen molar-refractivity contribution in [3.8, 4) is 0 Å². The number of aliphatic imine (C=N–C) groups is 1. The van der Waals surface area contributed by atoms with Crippen molar-refractivity contribution in [3.63, 3.8) is 0 Å². The molecular formula is C18H25N5O2. The third-order valence-electron chi connectivity index (χ3n) is 4.64. The van der Waals surface area contributed by atoms with E-state index in [1.54, 1.807) is 11.9 Å². The summed E-state index contributed by atoms with van der Waals surface area (Å²) in [6.45, 7) is 6.90. The first-order valence-electron chi connectivity index (χ1n) is 8.67. The maximum absolute atomic E-state index is 13.2. The minimum atomic E-state index is -0.461. The molecule has 0 bridgehead atoms. The van der Waals surface area contributed by atoms with Gasteiger partial charge in [0.2, 0.25) is 0 Å². The van der Waals surface area contributed by atoms with Gasteiger partial charge in [-0.3, -0.25) is 14.7 Å². The van der Waals surface area contributed by atoms with Gasteiger partial charge in [-0.2, -0.15) is 0 Å². The predicted molar refractivity (Wildman–Crippen MR) is 95.8 cm³/mol. The number of nitrogens with zero attached hydrogens (tertiary/aromatic N) is 4. The Kier molecular flexibility index (Phi) is 4.65. The van der Waals surface area contributed by atoms with Gasteiger partial charge >= 0.3 is 6.03 Å². The van der Waals surface area contributed by atoms with E-state index in [4.69, 9.17) is 0 Å². The number of hydrogen-bond donors (Lipinski definition) is 1. The van der Waals surface area contributed by atoms with E-state index in [1.807, 2.05) is 56.0 Å². The van der Waals surface area contributed by atoms with Crippen molar-refractivity contribution in [2.45, 2.75) is 45.6 Å². The molecule has 7 heteroatoms. The number of carbonyl (C=O) groups is 2. The van der Waals surface area contributed by atoms with Crippen LogP contribution in [0, 0.1) is 0 Å². The molecule has 2 fully saturated rings. The molecule has 1 aromatic carbocycles. The van der Waals surface area contributed by atoms with E-state index in [0.717, 1.165) is 5.56 Å². The van der Waals surface area contributed by atoms with E-state index in [0.29, 0.717) is 12.5 Å². The fourth-order valence-corrected chi connectivity index (χ4v) is 3.45. The Morgan fingerprint density at radius 1 is 1.20 bits per heavy atom. The second kappa shape index (κ2) is 6.74. The fourth-order valence-electron chi connectivity index (χ4n) is 3.45. The number of urea groups is 1. The molecular weight excluding hydrogens is 318 g/mol. The molecule has 1 N–H and O–H groups in total. The summed E-state index contributed by atoms with van der Waals surface area (Å²) < 4.78 is 0. The van der Waals surface area contributed by atoms with Crippen LogP contribution in [0.5, 0.6) is 0 Å². The molecule has 1 aromatic rings. The standard InChI is InChI=1S/C18H25N5O2/c1-5-19-17-20-15-14(23(17)12(2)3)16(24)22(18(25)21(15)4)11-13-9-7-6-8-10-13/h6-10,12,14-15H,5,11H2,1-4H3,(H,19,20). The molecule has 0 aliphatic carbocycles. The van der Waals surface area contributed by atoms with Gasteiger partial charge in [0.1, 0.15) is 6.17 Å². The van der Waals surface area contributed by atoms with Gasteiger partial charge in [0.25, 0.3) is 5.91 Å². The third kappa shape index (κ3) is 2.94. The topological polar surface area (TPSA) is 68.2 Å². The van der Waals surface area contributed by atoms with Crippen LogP contribution in [-0.2, 0) is 11.3 Å². The lowest BCUT2D eigenvalue weighted by Crippen LogP contribution is -2.66. The number of benzene rings is 1. The van der Waals surface area contributed by atoms with Crippen molar-refractivity contribution in [1.29, 1.82) is 0 Å².